The largest absolute Gasteiger partial charge is 0.312 e. The highest BCUT2D eigenvalue weighted by Crippen LogP contribution is 2.37. The molecule has 0 spiro atoms. The lowest BCUT2D eigenvalue weighted by molar-refractivity contribution is -0.119. The van der Waals surface area contributed by atoms with Gasteiger partial charge in [-0.2, -0.15) is 4.72 Å². The number of fused-ring (bicyclic) bond motifs is 1. The van der Waals surface area contributed by atoms with E-state index in [1.54, 1.807) is 18.2 Å². The van der Waals surface area contributed by atoms with E-state index in [-0.39, 0.29) is 16.7 Å². The Morgan fingerprint density at radius 2 is 1.72 bits per heavy atom. The molecule has 6 heteroatoms. The van der Waals surface area contributed by atoms with Gasteiger partial charge in [0.2, 0.25) is 15.9 Å². The highest BCUT2D eigenvalue weighted by molar-refractivity contribution is 7.89. The molecule has 164 valence electrons. The number of carbonyl (C=O) groups is 1. The van der Waals surface area contributed by atoms with Crippen LogP contribution in [-0.4, -0.2) is 20.9 Å². The van der Waals surface area contributed by atoms with Crippen molar-refractivity contribution in [2.24, 2.45) is 5.92 Å². The fourth-order valence-electron chi connectivity index (χ4n) is 4.37. The zero-order valence-corrected chi connectivity index (χ0v) is 18.8. The number of aryl methyl sites for hydroxylation is 1. The van der Waals surface area contributed by atoms with Gasteiger partial charge in [-0.15, -0.1) is 0 Å². The lowest BCUT2D eigenvalue weighted by atomic mass is 9.98. The van der Waals surface area contributed by atoms with E-state index >= 15 is 0 Å². The molecule has 1 fully saturated rings. The van der Waals surface area contributed by atoms with Crippen molar-refractivity contribution >= 4 is 21.6 Å². The Labute approximate surface area is 189 Å². The average Bonchev–Trinajstić information content (AvgIpc) is 3.56. The van der Waals surface area contributed by atoms with Crippen LogP contribution in [0.2, 0.25) is 0 Å². The molecule has 1 saturated carbocycles. The highest BCUT2D eigenvalue weighted by atomic mass is 32.2. The number of hydrogen-bond donors (Lipinski definition) is 1. The molecule has 1 aliphatic heterocycles. The van der Waals surface area contributed by atoms with Crippen LogP contribution in [0.4, 0.5) is 5.69 Å². The van der Waals surface area contributed by atoms with Crippen LogP contribution in [0.3, 0.4) is 0 Å². The van der Waals surface area contributed by atoms with E-state index in [4.69, 9.17) is 0 Å². The van der Waals surface area contributed by atoms with Crippen LogP contribution >= 0.6 is 0 Å². The molecule has 5 rings (SSSR count). The summed E-state index contributed by atoms with van der Waals surface area (Å²) in [5, 5.41) is 0. The normalized spacial score (nSPS) is 16.6. The molecular weight excluding hydrogens is 420 g/mol. The van der Waals surface area contributed by atoms with Gasteiger partial charge in [-0.1, -0.05) is 60.2 Å². The van der Waals surface area contributed by atoms with Gasteiger partial charge in [-0.05, 0) is 61.1 Å². The number of amides is 1. The van der Waals surface area contributed by atoms with Crippen molar-refractivity contribution in [3.05, 3.63) is 95.1 Å². The topological polar surface area (TPSA) is 66.5 Å². The Morgan fingerprint density at radius 1 is 0.969 bits per heavy atom. The molecule has 5 nitrogen and oxygen atoms in total. The molecule has 0 radical (unpaired) electrons. The zero-order valence-electron chi connectivity index (χ0n) is 18.0. The third-order valence-corrected chi connectivity index (χ3v) is 7.65. The quantitative estimate of drug-likeness (QED) is 0.612. The van der Waals surface area contributed by atoms with Gasteiger partial charge in [0.25, 0.3) is 0 Å². The zero-order chi connectivity index (χ0) is 22.3. The summed E-state index contributed by atoms with van der Waals surface area (Å²) >= 11 is 0. The number of rotatable bonds is 6. The van der Waals surface area contributed by atoms with Crippen molar-refractivity contribution in [1.82, 2.24) is 4.72 Å². The molecule has 3 aromatic carbocycles. The maximum absolute atomic E-state index is 13.4. The van der Waals surface area contributed by atoms with E-state index in [1.165, 1.54) is 0 Å². The SMILES string of the molecule is Cc1cccc(C(NS(=O)(=O)c2ccc3c(c2)CCN3C(=O)C2CC2)c2ccccc2)c1. The molecule has 1 atom stereocenters. The van der Waals surface area contributed by atoms with Gasteiger partial charge in [-0.25, -0.2) is 8.42 Å². The van der Waals surface area contributed by atoms with Gasteiger partial charge in [0.05, 0.1) is 10.9 Å². The second kappa shape index (κ2) is 8.19. The predicted octanol–water partition coefficient (Wildman–Crippen LogP) is 4.36. The van der Waals surface area contributed by atoms with Crippen molar-refractivity contribution in [2.75, 3.05) is 11.4 Å². The number of sulfonamides is 1. The lowest BCUT2D eigenvalue weighted by Crippen LogP contribution is -2.30. The Bertz CT molecular complexity index is 1270. The standard InChI is InChI=1S/C26H26N2O3S/c1-18-6-5-9-22(16-18)25(19-7-3-2-4-8-19)27-32(30,31)23-12-13-24-21(17-23)14-15-28(24)26(29)20-10-11-20/h2-9,12-13,16-17,20,25,27H,10-11,14-15H2,1H3. The Kier molecular flexibility index (Phi) is 5.35. The minimum absolute atomic E-state index is 0.145. The van der Waals surface area contributed by atoms with Gasteiger partial charge in [0, 0.05) is 18.2 Å². The van der Waals surface area contributed by atoms with Crippen LogP contribution in [0.1, 0.15) is 41.1 Å². The highest BCUT2D eigenvalue weighted by Gasteiger charge is 2.37. The molecular formula is C26H26N2O3S. The summed E-state index contributed by atoms with van der Waals surface area (Å²) in [6, 6.07) is 22.1. The van der Waals surface area contributed by atoms with E-state index in [1.807, 2.05) is 66.4 Å². The number of anilines is 1. The second-order valence-electron chi connectivity index (χ2n) is 8.68. The van der Waals surface area contributed by atoms with E-state index in [0.717, 1.165) is 40.8 Å². The first-order valence-corrected chi connectivity index (χ1v) is 12.5. The minimum Gasteiger partial charge on any atom is -0.312 e. The lowest BCUT2D eigenvalue weighted by Gasteiger charge is -2.21. The smallest absolute Gasteiger partial charge is 0.241 e. The third-order valence-electron chi connectivity index (χ3n) is 6.23. The van der Waals surface area contributed by atoms with Gasteiger partial charge in [0.15, 0.2) is 0 Å². The van der Waals surface area contributed by atoms with E-state index in [2.05, 4.69) is 4.72 Å². The van der Waals surface area contributed by atoms with E-state index in [0.29, 0.717) is 13.0 Å². The number of hydrogen-bond acceptors (Lipinski definition) is 3. The van der Waals surface area contributed by atoms with E-state index in [9.17, 15) is 13.2 Å². The van der Waals surface area contributed by atoms with Crippen molar-refractivity contribution in [3.63, 3.8) is 0 Å². The van der Waals surface area contributed by atoms with Crippen LogP contribution < -0.4 is 9.62 Å². The summed E-state index contributed by atoms with van der Waals surface area (Å²) in [6.07, 6.45) is 2.60. The maximum atomic E-state index is 13.4. The summed E-state index contributed by atoms with van der Waals surface area (Å²) in [5.41, 5.74) is 4.60. The summed E-state index contributed by atoms with van der Waals surface area (Å²) in [7, 11) is -3.79. The average molecular weight is 447 g/mol. The summed E-state index contributed by atoms with van der Waals surface area (Å²) < 4.78 is 29.7. The number of nitrogens with zero attached hydrogens (tertiary/aromatic N) is 1. The van der Waals surface area contributed by atoms with Crippen molar-refractivity contribution < 1.29 is 13.2 Å². The molecule has 0 bridgehead atoms. The number of nitrogens with one attached hydrogen (secondary N) is 1. The number of benzene rings is 3. The first-order valence-electron chi connectivity index (χ1n) is 11.0. The van der Waals surface area contributed by atoms with Gasteiger partial charge in [0.1, 0.15) is 0 Å². The molecule has 32 heavy (non-hydrogen) atoms. The van der Waals surface area contributed by atoms with Crippen LogP contribution in [-0.2, 0) is 21.2 Å². The van der Waals surface area contributed by atoms with E-state index < -0.39 is 16.1 Å². The van der Waals surface area contributed by atoms with Crippen LogP contribution in [0, 0.1) is 12.8 Å². The van der Waals surface area contributed by atoms with Gasteiger partial charge < -0.3 is 4.90 Å². The maximum Gasteiger partial charge on any atom is 0.241 e. The molecule has 1 amide bonds. The first kappa shape index (κ1) is 20.9. The predicted molar refractivity (Wildman–Crippen MR) is 125 cm³/mol. The minimum atomic E-state index is -3.79. The van der Waals surface area contributed by atoms with Crippen LogP contribution in [0.25, 0.3) is 0 Å². The third kappa shape index (κ3) is 4.08. The number of carbonyl (C=O) groups excluding carboxylic acids is 1. The molecule has 1 unspecified atom stereocenters. The summed E-state index contributed by atoms with van der Waals surface area (Å²) in [4.78, 5) is 14.6. The van der Waals surface area contributed by atoms with Crippen LogP contribution in [0.5, 0.6) is 0 Å². The van der Waals surface area contributed by atoms with Crippen molar-refractivity contribution in [3.8, 4) is 0 Å². The monoisotopic (exact) mass is 446 g/mol. The molecule has 2 aliphatic rings. The molecule has 1 heterocycles. The molecule has 1 N–H and O–H groups in total. The fourth-order valence-corrected chi connectivity index (χ4v) is 5.63. The van der Waals surface area contributed by atoms with Gasteiger partial charge >= 0.3 is 0 Å². The second-order valence-corrected chi connectivity index (χ2v) is 10.4. The summed E-state index contributed by atoms with van der Waals surface area (Å²) in [5.74, 6) is 0.313. The molecule has 3 aromatic rings. The molecule has 1 aliphatic carbocycles. The van der Waals surface area contributed by atoms with Crippen LogP contribution in [0.15, 0.2) is 77.7 Å². The van der Waals surface area contributed by atoms with Crippen molar-refractivity contribution in [1.29, 1.82) is 0 Å². The Morgan fingerprint density at radius 3 is 2.44 bits per heavy atom. The molecule has 0 aromatic heterocycles. The fraction of sp³-hybridized carbons (Fsp3) is 0.269. The Balaban J connectivity index is 1.46. The first-order chi connectivity index (χ1) is 15.4. The van der Waals surface area contributed by atoms with Crippen molar-refractivity contribution in [2.45, 2.75) is 37.1 Å². The molecule has 0 saturated heterocycles. The van der Waals surface area contributed by atoms with Gasteiger partial charge in [-0.3, -0.25) is 4.79 Å². The Hall–Kier alpha value is -2.96. The summed E-state index contributed by atoms with van der Waals surface area (Å²) in [6.45, 7) is 2.62.